The Morgan fingerprint density at radius 3 is 2.54 bits per heavy atom. The normalized spacial score (nSPS) is 20.1. The largest absolute Gasteiger partial charge is 0.368 e. The second kappa shape index (κ2) is 10.3. The summed E-state index contributed by atoms with van der Waals surface area (Å²) in [6.45, 7) is 4.31. The van der Waals surface area contributed by atoms with E-state index in [-0.39, 0.29) is 36.0 Å². The van der Waals surface area contributed by atoms with Gasteiger partial charge in [0.25, 0.3) is 5.91 Å². The Morgan fingerprint density at radius 1 is 1.32 bits per heavy atom. The molecule has 2 saturated heterocycles. The number of aromatic nitrogens is 2. The molecular weight excluding hydrogens is 473 g/mol. The van der Waals surface area contributed by atoms with Crippen molar-refractivity contribution in [2.75, 3.05) is 58.8 Å². The van der Waals surface area contributed by atoms with Gasteiger partial charge in [-0.15, -0.1) is 24.0 Å². The molecule has 2 aliphatic rings. The molecule has 0 radical (unpaired) electrons. The summed E-state index contributed by atoms with van der Waals surface area (Å²) in [6.07, 6.45) is 3.48. The smallest absolute Gasteiger partial charge is 0.251 e. The van der Waals surface area contributed by atoms with Gasteiger partial charge in [0.15, 0.2) is 5.96 Å². The van der Waals surface area contributed by atoms with E-state index in [0.29, 0.717) is 26.2 Å². The summed E-state index contributed by atoms with van der Waals surface area (Å²) < 4.78 is 7.60. The Kier molecular flexibility index (Phi) is 8.35. The SMILES string of the molecule is CN=C(NCc1cnc(N(C)C)n1C)N1CCN(C(=O)C2CCCO2)CC1.I. The van der Waals surface area contributed by atoms with E-state index in [2.05, 4.69) is 24.8 Å². The number of hydrogen-bond donors (Lipinski definition) is 1. The molecule has 0 aliphatic carbocycles. The summed E-state index contributed by atoms with van der Waals surface area (Å²) in [7, 11) is 7.77. The molecule has 2 fully saturated rings. The number of piperazine rings is 1. The highest BCUT2D eigenvalue weighted by Gasteiger charge is 2.30. The van der Waals surface area contributed by atoms with Gasteiger partial charge < -0.3 is 29.3 Å². The van der Waals surface area contributed by atoms with E-state index in [1.165, 1.54) is 0 Å². The first-order valence-electron chi connectivity index (χ1n) is 9.55. The number of ether oxygens (including phenoxy) is 1. The third kappa shape index (κ3) is 5.07. The van der Waals surface area contributed by atoms with Crippen LogP contribution in [0.5, 0.6) is 0 Å². The predicted octanol–water partition coefficient (Wildman–Crippen LogP) is 0.503. The average molecular weight is 505 g/mol. The summed E-state index contributed by atoms with van der Waals surface area (Å²) in [4.78, 5) is 27.4. The van der Waals surface area contributed by atoms with Gasteiger partial charge in [0.05, 0.1) is 18.4 Å². The van der Waals surface area contributed by atoms with Crippen LogP contribution in [0.4, 0.5) is 5.95 Å². The number of carbonyl (C=O) groups excluding carboxylic acids is 1. The number of aliphatic imine (C=N–C) groups is 1. The van der Waals surface area contributed by atoms with Crippen molar-refractivity contribution in [3.05, 3.63) is 11.9 Å². The molecule has 1 amide bonds. The molecule has 0 spiro atoms. The number of rotatable bonds is 4. The number of nitrogens with zero attached hydrogens (tertiary/aromatic N) is 6. The molecule has 1 N–H and O–H groups in total. The van der Waals surface area contributed by atoms with Crippen LogP contribution in [-0.2, 0) is 23.1 Å². The summed E-state index contributed by atoms with van der Waals surface area (Å²) in [5, 5.41) is 3.42. The topological polar surface area (TPSA) is 78.2 Å². The molecule has 158 valence electrons. The molecule has 1 unspecified atom stereocenters. The third-order valence-corrected chi connectivity index (χ3v) is 5.20. The summed E-state index contributed by atoms with van der Waals surface area (Å²) >= 11 is 0. The summed E-state index contributed by atoms with van der Waals surface area (Å²) in [5.41, 5.74) is 1.09. The monoisotopic (exact) mass is 505 g/mol. The Balaban J connectivity index is 0.00000280. The van der Waals surface area contributed by atoms with E-state index in [9.17, 15) is 4.79 Å². The van der Waals surface area contributed by atoms with Crippen molar-refractivity contribution >= 4 is 41.8 Å². The van der Waals surface area contributed by atoms with Crippen LogP contribution in [0.2, 0.25) is 0 Å². The van der Waals surface area contributed by atoms with E-state index >= 15 is 0 Å². The number of guanidine groups is 1. The minimum Gasteiger partial charge on any atom is -0.368 e. The molecule has 1 atom stereocenters. The molecule has 0 bridgehead atoms. The number of halogens is 1. The molecule has 9 nitrogen and oxygen atoms in total. The van der Waals surface area contributed by atoms with Crippen molar-refractivity contribution in [2.24, 2.45) is 12.0 Å². The predicted molar refractivity (Wildman–Crippen MR) is 120 cm³/mol. The van der Waals surface area contributed by atoms with E-state index in [1.807, 2.05) is 37.1 Å². The number of carbonyl (C=O) groups is 1. The molecule has 0 aromatic carbocycles. The van der Waals surface area contributed by atoms with Crippen LogP contribution >= 0.6 is 24.0 Å². The fourth-order valence-electron chi connectivity index (χ4n) is 3.63. The highest BCUT2D eigenvalue weighted by molar-refractivity contribution is 14.0. The van der Waals surface area contributed by atoms with Crippen LogP contribution in [0.1, 0.15) is 18.5 Å². The standard InChI is InChI=1S/C18H31N7O2.HI/c1-19-17(20-12-14-13-21-18(22(2)3)23(14)4)25-9-7-24(8-10-25)16(26)15-6-5-11-27-15;/h13,15H,5-12H2,1-4H3,(H,19,20);1H. The molecule has 3 heterocycles. The van der Waals surface area contributed by atoms with Crippen LogP contribution in [0.25, 0.3) is 0 Å². The number of imidazole rings is 1. The van der Waals surface area contributed by atoms with Gasteiger partial charge >= 0.3 is 0 Å². The number of hydrogen-bond acceptors (Lipinski definition) is 5. The molecule has 10 heteroatoms. The molecule has 28 heavy (non-hydrogen) atoms. The number of amides is 1. The van der Waals surface area contributed by atoms with Crippen molar-refractivity contribution in [3.63, 3.8) is 0 Å². The number of anilines is 1. The van der Waals surface area contributed by atoms with Gasteiger partial charge in [0, 0.05) is 61.0 Å². The van der Waals surface area contributed by atoms with Crippen molar-refractivity contribution < 1.29 is 9.53 Å². The van der Waals surface area contributed by atoms with Gasteiger partial charge in [-0.05, 0) is 12.8 Å². The van der Waals surface area contributed by atoms with Crippen molar-refractivity contribution in [2.45, 2.75) is 25.5 Å². The zero-order valence-electron chi connectivity index (χ0n) is 17.2. The van der Waals surface area contributed by atoms with E-state index in [0.717, 1.165) is 43.5 Å². The Bertz CT molecular complexity index is 677. The van der Waals surface area contributed by atoms with Crippen LogP contribution in [-0.4, -0.2) is 91.3 Å². The summed E-state index contributed by atoms with van der Waals surface area (Å²) in [6, 6.07) is 0. The van der Waals surface area contributed by atoms with Crippen LogP contribution in [0.15, 0.2) is 11.2 Å². The Labute approximate surface area is 184 Å². The minimum absolute atomic E-state index is 0. The second-order valence-electron chi connectivity index (χ2n) is 7.22. The molecule has 2 aliphatic heterocycles. The second-order valence-corrected chi connectivity index (χ2v) is 7.22. The molecule has 3 rings (SSSR count). The van der Waals surface area contributed by atoms with E-state index < -0.39 is 0 Å². The fraction of sp³-hybridized carbons (Fsp3) is 0.722. The van der Waals surface area contributed by atoms with Gasteiger partial charge in [0.1, 0.15) is 6.10 Å². The number of nitrogens with one attached hydrogen (secondary N) is 1. The molecule has 0 saturated carbocycles. The molecule has 1 aromatic heterocycles. The quantitative estimate of drug-likeness (QED) is 0.365. The van der Waals surface area contributed by atoms with E-state index in [4.69, 9.17) is 4.74 Å². The lowest BCUT2D eigenvalue weighted by atomic mass is 10.2. The maximum atomic E-state index is 12.5. The Morgan fingerprint density at radius 2 is 2.00 bits per heavy atom. The maximum Gasteiger partial charge on any atom is 0.251 e. The van der Waals surface area contributed by atoms with Crippen molar-refractivity contribution in [1.29, 1.82) is 0 Å². The van der Waals surface area contributed by atoms with Crippen molar-refractivity contribution in [1.82, 2.24) is 24.7 Å². The van der Waals surface area contributed by atoms with Crippen LogP contribution < -0.4 is 10.2 Å². The lowest BCUT2D eigenvalue weighted by molar-refractivity contribution is -0.142. The zero-order chi connectivity index (χ0) is 19.4. The maximum absolute atomic E-state index is 12.5. The van der Waals surface area contributed by atoms with Gasteiger partial charge in [-0.25, -0.2) is 4.98 Å². The minimum atomic E-state index is -0.232. The summed E-state index contributed by atoms with van der Waals surface area (Å²) in [5.74, 6) is 1.91. The third-order valence-electron chi connectivity index (χ3n) is 5.20. The first kappa shape index (κ1) is 22.7. The Hall–Kier alpha value is -1.56. The van der Waals surface area contributed by atoms with Crippen LogP contribution in [0, 0.1) is 0 Å². The van der Waals surface area contributed by atoms with E-state index in [1.54, 1.807) is 7.05 Å². The highest BCUT2D eigenvalue weighted by atomic mass is 127. The highest BCUT2D eigenvalue weighted by Crippen LogP contribution is 2.16. The van der Waals surface area contributed by atoms with Gasteiger partial charge in [-0.2, -0.15) is 0 Å². The molecule has 1 aromatic rings. The van der Waals surface area contributed by atoms with Gasteiger partial charge in [-0.3, -0.25) is 9.79 Å². The zero-order valence-corrected chi connectivity index (χ0v) is 19.5. The first-order valence-corrected chi connectivity index (χ1v) is 9.55. The fourth-order valence-corrected chi connectivity index (χ4v) is 3.63. The van der Waals surface area contributed by atoms with Gasteiger partial charge in [0.2, 0.25) is 5.95 Å². The average Bonchev–Trinajstić information content (AvgIpc) is 3.32. The van der Waals surface area contributed by atoms with Crippen molar-refractivity contribution in [3.8, 4) is 0 Å². The lowest BCUT2D eigenvalue weighted by Crippen LogP contribution is -2.55. The molecular formula is C18H32IN7O2. The lowest BCUT2D eigenvalue weighted by Gasteiger charge is -2.37. The first-order chi connectivity index (χ1) is 13.0. The van der Waals surface area contributed by atoms with Crippen LogP contribution in [0.3, 0.4) is 0 Å². The van der Waals surface area contributed by atoms with Gasteiger partial charge in [-0.1, -0.05) is 0 Å².